The number of amides is 1. The predicted molar refractivity (Wildman–Crippen MR) is 134 cm³/mol. The number of carbonyl (C=O) groups excluding carboxylic acids is 1. The molecule has 0 unspecified atom stereocenters. The van der Waals surface area contributed by atoms with Crippen molar-refractivity contribution >= 4 is 29.1 Å². The van der Waals surface area contributed by atoms with Crippen molar-refractivity contribution in [2.75, 3.05) is 13.1 Å². The highest BCUT2D eigenvalue weighted by atomic mass is 35.5. The van der Waals surface area contributed by atoms with Crippen LogP contribution in [-0.2, 0) is 25.9 Å². The number of phenolic OH excluding ortho intramolecular Hbond substituents is 1. The molecule has 4 rings (SSSR count). The Balaban J connectivity index is 1.28. The fourth-order valence-corrected chi connectivity index (χ4v) is 4.62. The van der Waals surface area contributed by atoms with E-state index < -0.39 is 0 Å². The average Bonchev–Trinajstić information content (AvgIpc) is 2.81. The maximum Gasteiger partial charge on any atom is 0.251 e. The minimum atomic E-state index is -0.0255. The van der Waals surface area contributed by atoms with Crippen molar-refractivity contribution in [3.8, 4) is 5.75 Å². The molecule has 33 heavy (non-hydrogen) atoms. The molecule has 0 spiro atoms. The van der Waals surface area contributed by atoms with Crippen LogP contribution < -0.4 is 5.32 Å². The molecule has 0 aromatic heterocycles. The van der Waals surface area contributed by atoms with E-state index in [4.69, 9.17) is 23.2 Å². The summed E-state index contributed by atoms with van der Waals surface area (Å²) in [6.07, 6.45) is 3.65. The second kappa shape index (κ2) is 11.1. The number of nitrogens with zero attached hydrogens (tertiary/aromatic N) is 1. The Morgan fingerprint density at radius 3 is 2.67 bits per heavy atom. The number of nitrogens with one attached hydrogen (secondary N) is 1. The number of rotatable bonds is 8. The molecule has 0 bridgehead atoms. The molecule has 3 aromatic carbocycles. The summed E-state index contributed by atoms with van der Waals surface area (Å²) in [7, 11) is 0. The number of carbonyl (C=O) groups is 1. The lowest BCUT2D eigenvalue weighted by molar-refractivity contribution is 0.0950. The Labute approximate surface area is 205 Å². The quantitative estimate of drug-likeness (QED) is 0.386. The zero-order valence-corrected chi connectivity index (χ0v) is 20.0. The largest absolute Gasteiger partial charge is 0.508 e. The van der Waals surface area contributed by atoms with Crippen molar-refractivity contribution in [2.45, 2.75) is 38.8 Å². The number of halogens is 2. The van der Waals surface area contributed by atoms with E-state index >= 15 is 0 Å². The Hall–Kier alpha value is -2.53. The molecule has 1 amide bonds. The summed E-state index contributed by atoms with van der Waals surface area (Å²) in [5, 5.41) is 13.9. The van der Waals surface area contributed by atoms with Gasteiger partial charge in [-0.2, -0.15) is 0 Å². The van der Waals surface area contributed by atoms with Crippen LogP contribution in [0.1, 0.15) is 45.5 Å². The van der Waals surface area contributed by atoms with E-state index in [9.17, 15) is 9.90 Å². The predicted octanol–water partition coefficient (Wildman–Crippen LogP) is 6.01. The third-order valence-electron chi connectivity index (χ3n) is 6.10. The van der Waals surface area contributed by atoms with Gasteiger partial charge < -0.3 is 10.4 Å². The Kier molecular flexibility index (Phi) is 7.92. The summed E-state index contributed by atoms with van der Waals surface area (Å²) >= 11 is 12.0. The smallest absolute Gasteiger partial charge is 0.251 e. The molecule has 1 aliphatic heterocycles. The van der Waals surface area contributed by atoms with Gasteiger partial charge in [0.05, 0.1) is 10.0 Å². The fourth-order valence-electron chi connectivity index (χ4n) is 4.30. The van der Waals surface area contributed by atoms with E-state index in [0.29, 0.717) is 22.3 Å². The van der Waals surface area contributed by atoms with Crippen LogP contribution in [0.4, 0.5) is 0 Å². The van der Waals surface area contributed by atoms with Crippen LogP contribution in [0.5, 0.6) is 5.75 Å². The third-order valence-corrected chi connectivity index (χ3v) is 6.84. The molecule has 3 aromatic rings. The molecule has 172 valence electrons. The van der Waals surface area contributed by atoms with Crippen LogP contribution in [0.15, 0.2) is 60.7 Å². The Morgan fingerprint density at radius 1 is 0.970 bits per heavy atom. The molecule has 0 saturated heterocycles. The van der Waals surface area contributed by atoms with E-state index in [2.05, 4.69) is 10.2 Å². The van der Waals surface area contributed by atoms with Crippen LogP contribution in [0, 0.1) is 0 Å². The molecule has 4 nitrogen and oxygen atoms in total. The average molecular weight is 483 g/mol. The molecule has 1 aliphatic rings. The van der Waals surface area contributed by atoms with Gasteiger partial charge in [-0.3, -0.25) is 9.69 Å². The van der Waals surface area contributed by atoms with Crippen molar-refractivity contribution in [3.05, 3.63) is 98.5 Å². The summed E-state index contributed by atoms with van der Waals surface area (Å²) in [5.41, 5.74) is 5.37. The lowest BCUT2D eigenvalue weighted by Gasteiger charge is -2.29. The van der Waals surface area contributed by atoms with Crippen molar-refractivity contribution < 1.29 is 9.90 Å². The van der Waals surface area contributed by atoms with Crippen LogP contribution in [-0.4, -0.2) is 29.0 Å². The third kappa shape index (κ3) is 6.29. The summed E-state index contributed by atoms with van der Waals surface area (Å²) in [6.45, 7) is 3.08. The minimum Gasteiger partial charge on any atom is -0.508 e. The first-order chi connectivity index (χ1) is 16.0. The highest BCUT2D eigenvalue weighted by Crippen LogP contribution is 2.25. The molecule has 0 saturated carbocycles. The molecule has 0 atom stereocenters. The van der Waals surface area contributed by atoms with Gasteiger partial charge in [0, 0.05) is 31.7 Å². The van der Waals surface area contributed by atoms with Gasteiger partial charge in [0.1, 0.15) is 5.75 Å². The standard InChI is InChI=1S/C27H28Cl2N2O2/c28-25-11-8-19(15-26(25)29)5-3-4-13-30-27(33)24-7-2-1-6-22(24)18-31-14-12-20-16-23(32)10-9-21(20)17-31/h1-2,6-11,15-16,32H,3-5,12-14,17-18H2,(H,30,33). The number of aromatic hydroxyl groups is 1. The minimum absolute atomic E-state index is 0.0255. The number of fused-ring (bicyclic) bond motifs is 1. The lowest BCUT2D eigenvalue weighted by Crippen LogP contribution is -2.31. The van der Waals surface area contributed by atoms with Crippen LogP contribution >= 0.6 is 23.2 Å². The molecular weight excluding hydrogens is 455 g/mol. The van der Waals surface area contributed by atoms with Gasteiger partial charge in [-0.25, -0.2) is 0 Å². The topological polar surface area (TPSA) is 52.6 Å². The van der Waals surface area contributed by atoms with E-state index in [0.717, 1.165) is 62.0 Å². The molecule has 0 aliphatic carbocycles. The molecular formula is C27H28Cl2N2O2. The molecule has 2 N–H and O–H groups in total. The van der Waals surface area contributed by atoms with Crippen LogP contribution in [0.2, 0.25) is 10.0 Å². The molecule has 1 heterocycles. The van der Waals surface area contributed by atoms with Crippen LogP contribution in [0.3, 0.4) is 0 Å². The van der Waals surface area contributed by atoms with E-state index in [1.165, 1.54) is 11.1 Å². The number of hydrogen-bond acceptors (Lipinski definition) is 3. The van der Waals surface area contributed by atoms with Crippen molar-refractivity contribution in [2.24, 2.45) is 0 Å². The maximum absolute atomic E-state index is 12.9. The highest BCUT2D eigenvalue weighted by molar-refractivity contribution is 6.42. The second-order valence-electron chi connectivity index (χ2n) is 8.53. The second-order valence-corrected chi connectivity index (χ2v) is 9.35. The zero-order valence-electron chi connectivity index (χ0n) is 18.5. The number of unbranched alkanes of at least 4 members (excludes halogenated alkanes) is 1. The van der Waals surface area contributed by atoms with E-state index in [1.807, 2.05) is 54.6 Å². The van der Waals surface area contributed by atoms with Gasteiger partial charge in [-0.15, -0.1) is 0 Å². The van der Waals surface area contributed by atoms with Gasteiger partial charge in [0.25, 0.3) is 5.91 Å². The molecule has 6 heteroatoms. The first kappa shape index (κ1) is 23.6. The van der Waals surface area contributed by atoms with Gasteiger partial charge >= 0.3 is 0 Å². The van der Waals surface area contributed by atoms with Crippen LogP contribution in [0.25, 0.3) is 0 Å². The molecule has 0 radical (unpaired) electrons. The van der Waals surface area contributed by atoms with Gasteiger partial charge in [0.2, 0.25) is 0 Å². The maximum atomic E-state index is 12.9. The fraction of sp³-hybridized carbons (Fsp3) is 0.296. The highest BCUT2D eigenvalue weighted by Gasteiger charge is 2.19. The Bertz CT molecular complexity index is 1130. The Morgan fingerprint density at radius 2 is 1.82 bits per heavy atom. The number of phenols is 1. The number of hydrogen-bond donors (Lipinski definition) is 2. The summed E-state index contributed by atoms with van der Waals surface area (Å²) in [4.78, 5) is 15.2. The lowest BCUT2D eigenvalue weighted by atomic mass is 9.98. The SMILES string of the molecule is O=C(NCCCCc1ccc(Cl)c(Cl)c1)c1ccccc1CN1CCc2cc(O)ccc2C1. The normalized spacial score (nSPS) is 13.5. The van der Waals surface area contributed by atoms with Crippen molar-refractivity contribution in [3.63, 3.8) is 0 Å². The van der Waals surface area contributed by atoms with E-state index in [-0.39, 0.29) is 5.91 Å². The first-order valence-electron chi connectivity index (χ1n) is 11.3. The van der Waals surface area contributed by atoms with Crippen molar-refractivity contribution in [1.82, 2.24) is 10.2 Å². The van der Waals surface area contributed by atoms with Gasteiger partial charge in [-0.05, 0) is 78.3 Å². The molecule has 0 fully saturated rings. The van der Waals surface area contributed by atoms with Crippen molar-refractivity contribution in [1.29, 1.82) is 0 Å². The van der Waals surface area contributed by atoms with Gasteiger partial charge in [-0.1, -0.05) is 53.5 Å². The summed E-state index contributed by atoms with van der Waals surface area (Å²) < 4.78 is 0. The van der Waals surface area contributed by atoms with E-state index in [1.54, 1.807) is 6.07 Å². The first-order valence-corrected chi connectivity index (χ1v) is 12.1. The zero-order chi connectivity index (χ0) is 23.2. The number of aryl methyl sites for hydroxylation is 1. The monoisotopic (exact) mass is 482 g/mol. The summed E-state index contributed by atoms with van der Waals surface area (Å²) in [6, 6.07) is 19.1. The van der Waals surface area contributed by atoms with Gasteiger partial charge in [0.15, 0.2) is 0 Å². The summed E-state index contributed by atoms with van der Waals surface area (Å²) in [5.74, 6) is 0.295. The number of benzene rings is 3.